The Balaban J connectivity index is 0.000000157. The van der Waals surface area contributed by atoms with Crippen molar-refractivity contribution in [2.45, 2.75) is 75.7 Å². The summed E-state index contributed by atoms with van der Waals surface area (Å²) in [4.78, 5) is 48.4. The lowest BCUT2D eigenvalue weighted by molar-refractivity contribution is -0.131. The van der Waals surface area contributed by atoms with Gasteiger partial charge in [-0.3, -0.25) is 23.7 Å². The fourth-order valence-corrected chi connectivity index (χ4v) is 7.83. The maximum atomic E-state index is 12.7. The number of hydrogen-bond acceptors (Lipinski definition) is 13. The molecular formula is C44H50N12O7. The molecule has 2 atom stereocenters. The number of anilines is 2. The van der Waals surface area contributed by atoms with E-state index < -0.39 is 5.97 Å². The smallest absolute Gasteiger partial charge is 0.327 e. The topological polar surface area (TPSA) is 267 Å². The number of fused-ring (bicyclic) bond motifs is 2. The lowest BCUT2D eigenvalue weighted by Gasteiger charge is -2.32. The molecule has 1 amide bonds. The molecule has 2 aliphatic heterocycles. The minimum absolute atomic E-state index is 0.121. The van der Waals surface area contributed by atoms with Crippen LogP contribution in [-0.2, 0) is 9.59 Å². The molecule has 63 heavy (non-hydrogen) atoms. The molecule has 2 aliphatic carbocycles. The molecule has 6 aromatic rings. The Labute approximate surface area is 360 Å². The molecular weight excluding hydrogens is 809 g/mol. The SMILES string of the molecule is C=CC(=O)N1CCC[C@@H](n2nc(-c3ccc(OC4CC4)cc3)c3c(N)n[nH]c(=O)c32)C1.C=CC(=O)O.Nc1n[nH]c(=O)c2c1c(-c1ccc(OC3CC3)cc1)nn2[C@@H]1CCCNC1. The second-order valence-electron chi connectivity index (χ2n) is 15.9. The van der Waals surface area contributed by atoms with Gasteiger partial charge >= 0.3 is 5.97 Å². The van der Waals surface area contributed by atoms with Crippen LogP contribution in [0.25, 0.3) is 44.3 Å². The Morgan fingerprint density at radius 1 is 0.714 bits per heavy atom. The van der Waals surface area contributed by atoms with Crippen molar-refractivity contribution in [2.75, 3.05) is 37.6 Å². The summed E-state index contributed by atoms with van der Waals surface area (Å²) in [7, 11) is 0. The van der Waals surface area contributed by atoms with Crippen molar-refractivity contribution < 1.29 is 24.2 Å². The molecule has 4 fully saturated rings. The van der Waals surface area contributed by atoms with Crippen LogP contribution in [0.15, 0.2) is 83.4 Å². The number of carboxylic acid groups (broad SMARTS) is 1. The average molecular weight is 859 g/mol. The second kappa shape index (κ2) is 18.4. The number of carboxylic acids is 1. The average Bonchev–Trinajstić information content (AvgIpc) is 4.23. The number of benzene rings is 2. The molecule has 4 aromatic heterocycles. The Kier molecular flexibility index (Phi) is 12.4. The molecule has 0 unspecified atom stereocenters. The second-order valence-corrected chi connectivity index (χ2v) is 15.9. The zero-order chi connectivity index (χ0) is 44.2. The zero-order valence-electron chi connectivity index (χ0n) is 34.7. The van der Waals surface area contributed by atoms with Gasteiger partial charge in [-0.25, -0.2) is 15.0 Å². The third-order valence-corrected chi connectivity index (χ3v) is 11.2. The number of aliphatic carboxylic acids is 1. The third-order valence-electron chi connectivity index (χ3n) is 11.2. The van der Waals surface area contributed by atoms with Gasteiger partial charge in [0.15, 0.2) is 11.6 Å². The number of nitrogens with one attached hydrogen (secondary N) is 3. The highest BCUT2D eigenvalue weighted by Gasteiger charge is 2.30. The van der Waals surface area contributed by atoms with Crippen LogP contribution in [0.2, 0.25) is 0 Å². The van der Waals surface area contributed by atoms with Gasteiger partial charge in [-0.2, -0.15) is 20.4 Å². The third kappa shape index (κ3) is 9.47. The summed E-state index contributed by atoms with van der Waals surface area (Å²) >= 11 is 0. The molecule has 0 bridgehead atoms. The van der Waals surface area contributed by atoms with Gasteiger partial charge in [-0.05, 0) is 113 Å². The Morgan fingerprint density at radius 2 is 1.19 bits per heavy atom. The lowest BCUT2D eigenvalue weighted by atomic mass is 10.1. The molecule has 10 rings (SSSR count). The van der Waals surface area contributed by atoms with E-state index in [-0.39, 0.29) is 40.7 Å². The van der Waals surface area contributed by atoms with E-state index in [9.17, 15) is 19.2 Å². The summed E-state index contributed by atoms with van der Waals surface area (Å²) in [5.41, 5.74) is 15.5. The number of nitrogens with zero attached hydrogens (tertiary/aromatic N) is 7. The number of amides is 1. The monoisotopic (exact) mass is 858 g/mol. The maximum Gasteiger partial charge on any atom is 0.327 e. The van der Waals surface area contributed by atoms with E-state index in [2.05, 4.69) is 38.9 Å². The summed E-state index contributed by atoms with van der Waals surface area (Å²) < 4.78 is 15.2. The summed E-state index contributed by atoms with van der Waals surface area (Å²) in [6.07, 6.45) is 10.9. The number of hydrogen-bond donors (Lipinski definition) is 6. The fourth-order valence-electron chi connectivity index (χ4n) is 7.83. The lowest BCUT2D eigenvalue weighted by Crippen LogP contribution is -2.40. The molecule has 19 nitrogen and oxygen atoms in total. The number of rotatable bonds is 10. The number of nitrogens with two attached hydrogens (primary N) is 2. The fraction of sp³-hybridized carbons (Fsp3) is 0.364. The summed E-state index contributed by atoms with van der Waals surface area (Å²) in [6.45, 7) is 9.43. The normalized spacial score (nSPS) is 18.4. The zero-order valence-corrected chi connectivity index (χ0v) is 34.7. The number of likely N-dealkylation sites (tertiary alicyclic amines) is 1. The predicted molar refractivity (Wildman–Crippen MR) is 237 cm³/mol. The minimum Gasteiger partial charge on any atom is -0.490 e. The molecule has 2 saturated heterocycles. The minimum atomic E-state index is -0.981. The van der Waals surface area contributed by atoms with Gasteiger partial charge in [-0.15, -0.1) is 0 Å². The molecule has 19 heteroatoms. The van der Waals surface area contributed by atoms with Crippen molar-refractivity contribution >= 4 is 45.3 Å². The molecule has 2 aromatic carbocycles. The first-order valence-electron chi connectivity index (χ1n) is 21.1. The van der Waals surface area contributed by atoms with Crippen molar-refractivity contribution in [2.24, 2.45) is 0 Å². The van der Waals surface area contributed by atoms with Crippen molar-refractivity contribution in [1.82, 2.24) is 50.2 Å². The van der Waals surface area contributed by atoms with Crippen LogP contribution in [0.4, 0.5) is 11.6 Å². The van der Waals surface area contributed by atoms with E-state index in [1.807, 2.05) is 53.2 Å². The van der Waals surface area contributed by atoms with Crippen molar-refractivity contribution in [3.63, 3.8) is 0 Å². The summed E-state index contributed by atoms with van der Waals surface area (Å²) in [6, 6.07) is 15.4. The van der Waals surface area contributed by atoms with Crippen LogP contribution in [0.5, 0.6) is 11.5 Å². The Bertz CT molecular complexity index is 2760. The molecule has 2 saturated carbocycles. The molecule has 0 radical (unpaired) electrons. The van der Waals surface area contributed by atoms with Crippen molar-refractivity contribution in [1.29, 1.82) is 0 Å². The quantitative estimate of drug-likeness (QED) is 0.105. The van der Waals surface area contributed by atoms with Gasteiger partial charge < -0.3 is 36.3 Å². The van der Waals surface area contributed by atoms with Gasteiger partial charge in [0.1, 0.15) is 33.9 Å². The number of ether oxygens (including phenoxy) is 2. The van der Waals surface area contributed by atoms with Gasteiger partial charge in [0.25, 0.3) is 11.1 Å². The van der Waals surface area contributed by atoms with Crippen molar-refractivity contribution in [3.8, 4) is 34.0 Å². The number of piperidine rings is 2. The molecule has 6 heterocycles. The maximum absolute atomic E-state index is 12.7. The Hall–Kier alpha value is -7.28. The number of carbonyl (C=O) groups is 2. The molecule has 8 N–H and O–H groups in total. The van der Waals surface area contributed by atoms with E-state index in [1.54, 1.807) is 9.58 Å². The van der Waals surface area contributed by atoms with Gasteiger partial charge in [0.05, 0.1) is 35.1 Å². The number of nitrogen functional groups attached to an aromatic ring is 2. The first kappa shape index (κ1) is 42.4. The Morgan fingerprint density at radius 3 is 1.62 bits per heavy atom. The first-order chi connectivity index (χ1) is 30.5. The van der Waals surface area contributed by atoms with E-state index in [0.29, 0.717) is 58.5 Å². The molecule has 328 valence electrons. The number of carbonyl (C=O) groups excluding carboxylic acids is 1. The standard InChI is InChI=1S/C22H24N6O3.C19H22N6O2.C3H4O2/c1-2-17(29)27-11-3-4-14(12-27)28-20-18(21(23)24-25-22(20)30)19(26-28)13-5-7-15(8-6-13)31-16-9-10-16;20-18-15-16(11-3-5-13(6-4-11)27-14-7-8-14)24-25(12-2-1-9-21-10-12)17(15)19(26)23-22-18;1-2-3(4)5/h2,5-8,14,16H,1,3-4,9-12H2,(H2,23,24)(H,25,30);3-6,12,14,21H,1-2,7-10H2,(H2,20,22)(H,23,26);2H,1H2,(H,4,5)/t14-;12-;/m11./s1. The van der Waals surface area contributed by atoms with E-state index >= 15 is 0 Å². The van der Waals surface area contributed by atoms with E-state index in [1.165, 1.54) is 6.08 Å². The van der Waals surface area contributed by atoms with Crippen molar-refractivity contribution in [3.05, 3.63) is 94.5 Å². The van der Waals surface area contributed by atoms with Crippen LogP contribution in [0, 0.1) is 0 Å². The number of aromatic nitrogens is 8. The van der Waals surface area contributed by atoms with Crippen LogP contribution in [0.3, 0.4) is 0 Å². The number of aromatic amines is 2. The summed E-state index contributed by atoms with van der Waals surface area (Å²) in [5.74, 6) is 1.06. The van der Waals surface area contributed by atoms with Crippen LogP contribution in [-0.4, -0.2) is 100 Å². The van der Waals surface area contributed by atoms with Gasteiger partial charge in [-0.1, -0.05) is 13.2 Å². The van der Waals surface area contributed by atoms with Crippen LogP contribution in [0.1, 0.15) is 63.5 Å². The number of H-pyrrole nitrogens is 2. The van der Waals surface area contributed by atoms with E-state index in [0.717, 1.165) is 93.2 Å². The van der Waals surface area contributed by atoms with Gasteiger partial charge in [0.2, 0.25) is 5.91 Å². The largest absolute Gasteiger partial charge is 0.490 e. The highest BCUT2D eigenvalue weighted by Crippen LogP contribution is 2.36. The van der Waals surface area contributed by atoms with Crippen LogP contribution >= 0.6 is 0 Å². The highest BCUT2D eigenvalue weighted by molar-refractivity contribution is 6.00. The van der Waals surface area contributed by atoms with Crippen LogP contribution < -0.4 is 37.4 Å². The first-order valence-corrected chi connectivity index (χ1v) is 21.1. The molecule has 4 aliphatic rings. The predicted octanol–water partition coefficient (Wildman–Crippen LogP) is 4.35. The summed E-state index contributed by atoms with van der Waals surface area (Å²) in [5, 5.41) is 34.6. The van der Waals surface area contributed by atoms with Gasteiger partial charge in [0, 0.05) is 36.8 Å². The highest BCUT2D eigenvalue weighted by atomic mass is 16.5. The van der Waals surface area contributed by atoms with E-state index in [4.69, 9.17) is 36.2 Å². The molecule has 0 spiro atoms.